The van der Waals surface area contributed by atoms with Crippen LogP contribution >= 0.6 is 23.2 Å². The van der Waals surface area contributed by atoms with Crippen molar-refractivity contribution >= 4 is 45.3 Å². The number of pyridine rings is 1. The molecule has 0 N–H and O–H groups in total. The Balaban J connectivity index is 1.80. The number of carbonyl (C=O) groups excluding carboxylic acids is 1. The van der Waals surface area contributed by atoms with E-state index in [-0.39, 0.29) is 11.3 Å². The molecule has 3 nitrogen and oxygen atoms in total. The standard InChI is InChI=1S/C24H13Cl2NO2/c25-18-6-4-14(5-7-18)24(29)17-10-16-8-9-27-22(28)13-20(21(12-17)23(16)27)15-2-1-3-19(26)11-15/h1-13H. The van der Waals surface area contributed by atoms with Crippen LogP contribution in [-0.4, -0.2) is 10.2 Å². The van der Waals surface area contributed by atoms with Crippen LogP contribution in [0.1, 0.15) is 15.9 Å². The molecule has 0 atom stereocenters. The fourth-order valence-corrected chi connectivity index (χ4v) is 4.05. The number of hydrogen-bond donors (Lipinski definition) is 0. The molecule has 0 amide bonds. The van der Waals surface area contributed by atoms with Gasteiger partial charge in [0.05, 0.1) is 5.52 Å². The van der Waals surface area contributed by atoms with Gasteiger partial charge in [0, 0.05) is 44.2 Å². The molecule has 0 aliphatic carbocycles. The predicted octanol–water partition coefficient (Wildman–Crippen LogP) is 6.10. The van der Waals surface area contributed by atoms with Crippen molar-refractivity contribution in [3.63, 3.8) is 0 Å². The molecule has 0 aliphatic heterocycles. The van der Waals surface area contributed by atoms with Crippen LogP contribution in [0, 0.1) is 0 Å². The molecule has 3 aromatic carbocycles. The van der Waals surface area contributed by atoms with Gasteiger partial charge in [-0.1, -0.05) is 35.3 Å². The Bertz CT molecular complexity index is 1450. The topological polar surface area (TPSA) is 38.5 Å². The van der Waals surface area contributed by atoms with E-state index in [1.54, 1.807) is 47.0 Å². The van der Waals surface area contributed by atoms with Crippen molar-refractivity contribution in [2.45, 2.75) is 0 Å². The third-order valence-corrected chi connectivity index (χ3v) is 5.57. The molecule has 2 aromatic heterocycles. The number of hydrogen-bond acceptors (Lipinski definition) is 2. The summed E-state index contributed by atoms with van der Waals surface area (Å²) in [5, 5.41) is 2.82. The van der Waals surface area contributed by atoms with Crippen molar-refractivity contribution in [1.82, 2.24) is 4.40 Å². The van der Waals surface area contributed by atoms with Gasteiger partial charge in [0.15, 0.2) is 5.78 Å². The second-order valence-electron chi connectivity index (χ2n) is 6.89. The summed E-state index contributed by atoms with van der Waals surface area (Å²) in [4.78, 5) is 25.7. The maximum Gasteiger partial charge on any atom is 0.255 e. The minimum absolute atomic E-state index is 0.102. The molecule has 0 saturated carbocycles. The number of rotatable bonds is 3. The van der Waals surface area contributed by atoms with Gasteiger partial charge >= 0.3 is 0 Å². The number of aromatic nitrogens is 1. The van der Waals surface area contributed by atoms with Crippen LogP contribution in [0.4, 0.5) is 0 Å². The first-order valence-corrected chi connectivity index (χ1v) is 9.74. The molecule has 0 unspecified atom stereocenters. The Morgan fingerprint density at radius 1 is 0.793 bits per heavy atom. The molecule has 140 valence electrons. The lowest BCUT2D eigenvalue weighted by atomic mass is 9.95. The van der Waals surface area contributed by atoms with E-state index in [2.05, 4.69) is 0 Å². The lowest BCUT2D eigenvalue weighted by Crippen LogP contribution is -2.11. The summed E-state index contributed by atoms with van der Waals surface area (Å²) in [6, 6.07) is 21.3. The first-order valence-electron chi connectivity index (χ1n) is 8.99. The maximum absolute atomic E-state index is 13.1. The lowest BCUT2D eigenvalue weighted by molar-refractivity contribution is 0.103. The molecular formula is C24H13Cl2NO2. The molecule has 0 radical (unpaired) electrons. The van der Waals surface area contributed by atoms with E-state index >= 15 is 0 Å². The summed E-state index contributed by atoms with van der Waals surface area (Å²) < 4.78 is 1.61. The van der Waals surface area contributed by atoms with E-state index in [0.29, 0.717) is 21.2 Å². The fourth-order valence-electron chi connectivity index (χ4n) is 3.74. The van der Waals surface area contributed by atoms with Gasteiger partial charge in [0.2, 0.25) is 0 Å². The van der Waals surface area contributed by atoms with Gasteiger partial charge in [-0.05, 0) is 65.7 Å². The third-order valence-electron chi connectivity index (χ3n) is 5.08. The Labute approximate surface area is 176 Å². The molecule has 0 spiro atoms. The maximum atomic E-state index is 13.1. The second-order valence-corrected chi connectivity index (χ2v) is 7.76. The summed E-state index contributed by atoms with van der Waals surface area (Å²) in [5.74, 6) is -0.102. The predicted molar refractivity (Wildman–Crippen MR) is 118 cm³/mol. The molecule has 29 heavy (non-hydrogen) atoms. The monoisotopic (exact) mass is 417 g/mol. The van der Waals surface area contributed by atoms with Crippen molar-refractivity contribution in [2.24, 2.45) is 0 Å². The molecular weight excluding hydrogens is 405 g/mol. The Hall–Kier alpha value is -3.14. The average molecular weight is 418 g/mol. The van der Waals surface area contributed by atoms with Crippen LogP contribution in [0.15, 0.2) is 83.8 Å². The highest BCUT2D eigenvalue weighted by molar-refractivity contribution is 6.31. The summed E-state index contributed by atoms with van der Waals surface area (Å²) in [6.45, 7) is 0. The van der Waals surface area contributed by atoms with Crippen molar-refractivity contribution in [3.05, 3.63) is 111 Å². The molecule has 5 heteroatoms. The zero-order chi connectivity index (χ0) is 20.1. The zero-order valence-electron chi connectivity index (χ0n) is 15.0. The van der Waals surface area contributed by atoms with E-state index in [4.69, 9.17) is 23.2 Å². The summed E-state index contributed by atoms with van der Waals surface area (Å²) in [7, 11) is 0. The highest BCUT2D eigenvalue weighted by Gasteiger charge is 2.17. The zero-order valence-corrected chi connectivity index (χ0v) is 16.5. The number of nitrogens with zero attached hydrogens (tertiary/aromatic N) is 1. The smallest absolute Gasteiger partial charge is 0.255 e. The highest BCUT2D eigenvalue weighted by atomic mass is 35.5. The first-order chi connectivity index (χ1) is 14.0. The fraction of sp³-hybridized carbons (Fsp3) is 0. The summed E-state index contributed by atoms with van der Waals surface area (Å²) in [5.41, 5.74) is 3.35. The normalized spacial score (nSPS) is 11.4. The van der Waals surface area contributed by atoms with Crippen molar-refractivity contribution < 1.29 is 4.79 Å². The quantitative estimate of drug-likeness (QED) is 0.333. The van der Waals surface area contributed by atoms with Gasteiger partial charge in [0.25, 0.3) is 5.56 Å². The van der Waals surface area contributed by atoms with Crippen molar-refractivity contribution in [3.8, 4) is 11.1 Å². The van der Waals surface area contributed by atoms with Crippen molar-refractivity contribution in [1.29, 1.82) is 0 Å². The minimum Gasteiger partial charge on any atom is -0.289 e. The molecule has 2 heterocycles. The minimum atomic E-state index is -0.126. The van der Waals surface area contributed by atoms with Gasteiger partial charge in [-0.25, -0.2) is 0 Å². The van der Waals surface area contributed by atoms with Crippen LogP contribution < -0.4 is 5.56 Å². The Kier molecular flexibility index (Phi) is 4.16. The van der Waals surface area contributed by atoms with Gasteiger partial charge in [0.1, 0.15) is 0 Å². The third kappa shape index (κ3) is 3.00. The molecule has 0 aliphatic rings. The van der Waals surface area contributed by atoms with Crippen molar-refractivity contribution in [2.75, 3.05) is 0 Å². The summed E-state index contributed by atoms with van der Waals surface area (Å²) in [6.07, 6.45) is 1.73. The van der Waals surface area contributed by atoms with Crippen LogP contribution in [-0.2, 0) is 0 Å². The van der Waals surface area contributed by atoms with E-state index in [9.17, 15) is 9.59 Å². The number of benzene rings is 3. The molecule has 0 fully saturated rings. The highest BCUT2D eigenvalue weighted by Crippen LogP contribution is 2.33. The van der Waals surface area contributed by atoms with Gasteiger partial charge in [-0.15, -0.1) is 0 Å². The number of halogens is 2. The molecule has 0 saturated heterocycles. The van der Waals surface area contributed by atoms with Gasteiger partial charge in [-0.2, -0.15) is 0 Å². The Morgan fingerprint density at radius 2 is 1.59 bits per heavy atom. The molecule has 0 bridgehead atoms. The largest absolute Gasteiger partial charge is 0.289 e. The lowest BCUT2D eigenvalue weighted by Gasteiger charge is -2.11. The van der Waals surface area contributed by atoms with E-state index in [0.717, 1.165) is 27.4 Å². The average Bonchev–Trinajstić information content (AvgIpc) is 3.16. The number of ketones is 1. The van der Waals surface area contributed by atoms with Gasteiger partial charge < -0.3 is 0 Å². The van der Waals surface area contributed by atoms with E-state index in [1.807, 2.05) is 36.4 Å². The SMILES string of the molecule is O=C(c1ccc(Cl)cc1)c1cc2ccn3c(=O)cc(-c4cccc(Cl)c4)c(c1)c23. The number of carbonyl (C=O) groups is 1. The van der Waals surface area contributed by atoms with Gasteiger partial charge in [-0.3, -0.25) is 14.0 Å². The van der Waals surface area contributed by atoms with Crippen LogP contribution in [0.2, 0.25) is 10.0 Å². The second kappa shape index (κ2) is 6.73. The van der Waals surface area contributed by atoms with Crippen LogP contribution in [0.5, 0.6) is 0 Å². The van der Waals surface area contributed by atoms with Crippen LogP contribution in [0.25, 0.3) is 27.4 Å². The van der Waals surface area contributed by atoms with Crippen LogP contribution in [0.3, 0.4) is 0 Å². The first kappa shape index (κ1) is 17.9. The molecule has 5 rings (SSSR count). The Morgan fingerprint density at radius 3 is 2.34 bits per heavy atom. The van der Waals surface area contributed by atoms with E-state index in [1.165, 1.54) is 0 Å². The van der Waals surface area contributed by atoms with E-state index < -0.39 is 0 Å². The molecule has 5 aromatic rings. The summed E-state index contributed by atoms with van der Waals surface area (Å²) >= 11 is 12.1.